The molecular formula is C24H18ClN3OS2. The molecule has 2 aromatic heterocycles. The lowest BCUT2D eigenvalue weighted by Crippen LogP contribution is -2.29. The molecule has 0 amide bonds. The van der Waals surface area contributed by atoms with Crippen molar-refractivity contribution >= 4 is 46.4 Å². The molecule has 0 spiro atoms. The number of nitrogens with one attached hydrogen (secondary N) is 1. The molecule has 31 heavy (non-hydrogen) atoms. The van der Waals surface area contributed by atoms with Gasteiger partial charge in [-0.25, -0.2) is 0 Å². The number of furan rings is 1. The van der Waals surface area contributed by atoms with E-state index in [0.717, 1.165) is 27.1 Å². The second kappa shape index (κ2) is 8.75. The topological polar surface area (TPSA) is 41.3 Å². The van der Waals surface area contributed by atoms with Gasteiger partial charge in [0.25, 0.3) is 0 Å². The summed E-state index contributed by atoms with van der Waals surface area (Å²) in [7, 11) is 0. The Balaban J connectivity index is 1.51. The van der Waals surface area contributed by atoms with Gasteiger partial charge in [0.1, 0.15) is 11.8 Å². The number of thiocarbonyl (C=S) groups is 1. The maximum atomic E-state index is 6.31. The summed E-state index contributed by atoms with van der Waals surface area (Å²) in [6.45, 7) is 0. The molecule has 2 aromatic carbocycles. The third kappa shape index (κ3) is 4.19. The molecule has 2 atom stereocenters. The Labute approximate surface area is 195 Å². The van der Waals surface area contributed by atoms with Gasteiger partial charge in [0.15, 0.2) is 10.2 Å². The molecule has 4 nitrogen and oxygen atoms in total. The smallest absolute Gasteiger partial charge is 0.174 e. The van der Waals surface area contributed by atoms with E-state index in [2.05, 4.69) is 15.2 Å². The highest BCUT2D eigenvalue weighted by molar-refractivity contribution is 7.99. The van der Waals surface area contributed by atoms with Gasteiger partial charge in [-0.2, -0.15) is 0 Å². The van der Waals surface area contributed by atoms with Gasteiger partial charge in [-0.15, -0.1) is 0 Å². The largest absolute Gasteiger partial charge is 0.452 e. The number of aromatic nitrogens is 1. The van der Waals surface area contributed by atoms with E-state index in [4.69, 9.17) is 28.2 Å². The monoisotopic (exact) mass is 463 g/mol. The summed E-state index contributed by atoms with van der Waals surface area (Å²) in [5.41, 5.74) is 1.92. The normalized spacial score (nSPS) is 18.2. The van der Waals surface area contributed by atoms with Crippen LogP contribution in [0.1, 0.15) is 23.5 Å². The van der Waals surface area contributed by atoms with Gasteiger partial charge in [-0.3, -0.25) is 4.98 Å². The molecule has 1 aliphatic heterocycles. The number of benzene rings is 2. The second-order valence-corrected chi connectivity index (χ2v) is 8.95. The zero-order valence-corrected chi connectivity index (χ0v) is 18.7. The molecule has 0 bridgehead atoms. The van der Waals surface area contributed by atoms with E-state index >= 15 is 0 Å². The van der Waals surface area contributed by atoms with E-state index in [1.165, 1.54) is 0 Å². The predicted molar refractivity (Wildman–Crippen MR) is 129 cm³/mol. The quantitative estimate of drug-likeness (QED) is 0.334. The number of hydrogen-bond donors (Lipinski definition) is 1. The van der Waals surface area contributed by atoms with Crippen LogP contribution in [0.4, 0.5) is 5.69 Å². The number of halogens is 1. The van der Waals surface area contributed by atoms with Crippen molar-refractivity contribution in [2.24, 2.45) is 0 Å². The van der Waals surface area contributed by atoms with Gasteiger partial charge < -0.3 is 14.6 Å². The molecule has 0 saturated carbocycles. The van der Waals surface area contributed by atoms with E-state index < -0.39 is 0 Å². The summed E-state index contributed by atoms with van der Waals surface area (Å²) in [4.78, 5) is 7.74. The minimum atomic E-state index is -0.163. The van der Waals surface area contributed by atoms with Crippen LogP contribution in [0, 0.1) is 0 Å². The summed E-state index contributed by atoms with van der Waals surface area (Å²) in [6.07, 6.45) is 1.80. The Kier molecular flexibility index (Phi) is 5.68. The second-order valence-electron chi connectivity index (χ2n) is 7.04. The standard InChI is InChI=1S/C24H18ClN3OS2/c25-16-9-11-18(12-10-16)31-21-14-13-20(29-21)23-22(19-8-4-5-15-26-19)27-24(30)28(23)17-6-2-1-3-7-17/h1-15,22-23H,(H,27,30)/t22-,23-/m0/s1. The van der Waals surface area contributed by atoms with Gasteiger partial charge in [0.2, 0.25) is 0 Å². The summed E-state index contributed by atoms with van der Waals surface area (Å²) >= 11 is 13.3. The summed E-state index contributed by atoms with van der Waals surface area (Å²) < 4.78 is 6.31. The van der Waals surface area contributed by atoms with Crippen LogP contribution in [-0.2, 0) is 0 Å². The van der Waals surface area contributed by atoms with E-state index in [1.54, 1.807) is 18.0 Å². The Hall–Kier alpha value is -2.80. The maximum absolute atomic E-state index is 6.31. The highest BCUT2D eigenvalue weighted by atomic mass is 35.5. The molecule has 154 valence electrons. The molecule has 0 radical (unpaired) electrons. The molecular weight excluding hydrogens is 446 g/mol. The first-order valence-electron chi connectivity index (χ1n) is 9.78. The number of pyridine rings is 1. The fourth-order valence-corrected chi connectivity index (χ4v) is 4.93. The number of anilines is 1. The lowest BCUT2D eigenvalue weighted by Gasteiger charge is -2.26. The molecule has 1 fully saturated rings. The van der Waals surface area contributed by atoms with Gasteiger partial charge >= 0.3 is 0 Å². The summed E-state index contributed by atoms with van der Waals surface area (Å²) in [6, 6.07) is 27.4. The van der Waals surface area contributed by atoms with Crippen LogP contribution < -0.4 is 10.2 Å². The molecule has 0 aliphatic carbocycles. The van der Waals surface area contributed by atoms with Crippen molar-refractivity contribution < 1.29 is 4.42 Å². The van der Waals surface area contributed by atoms with E-state index in [0.29, 0.717) is 10.1 Å². The van der Waals surface area contributed by atoms with Crippen LogP contribution in [0.15, 0.2) is 106 Å². The zero-order chi connectivity index (χ0) is 21.2. The number of rotatable bonds is 5. The lowest BCUT2D eigenvalue weighted by atomic mass is 10.0. The predicted octanol–water partition coefficient (Wildman–Crippen LogP) is 6.66. The van der Waals surface area contributed by atoms with Crippen LogP contribution in [0.3, 0.4) is 0 Å². The van der Waals surface area contributed by atoms with Crippen LogP contribution in [0.2, 0.25) is 5.02 Å². The van der Waals surface area contributed by atoms with Crippen molar-refractivity contribution in [2.75, 3.05) is 4.90 Å². The highest BCUT2D eigenvalue weighted by Crippen LogP contribution is 2.43. The summed E-state index contributed by atoms with van der Waals surface area (Å²) in [5.74, 6) is 0.823. The van der Waals surface area contributed by atoms with Crippen molar-refractivity contribution in [3.05, 3.63) is 108 Å². The SMILES string of the molecule is S=C1N[C@@H](c2ccccn2)[C@H](c2ccc(Sc3ccc(Cl)cc3)o2)N1c1ccccc1. The van der Waals surface area contributed by atoms with Crippen LogP contribution >= 0.6 is 35.6 Å². The number of nitrogens with zero attached hydrogens (tertiary/aromatic N) is 2. The fraction of sp³-hybridized carbons (Fsp3) is 0.0833. The number of para-hydroxylation sites is 1. The highest BCUT2D eigenvalue weighted by Gasteiger charge is 2.42. The first-order chi connectivity index (χ1) is 15.2. The maximum Gasteiger partial charge on any atom is 0.174 e. The Morgan fingerprint density at radius 3 is 2.45 bits per heavy atom. The molecule has 4 aromatic rings. The Bertz CT molecular complexity index is 1180. The van der Waals surface area contributed by atoms with Gasteiger partial charge in [0, 0.05) is 21.8 Å². The zero-order valence-electron chi connectivity index (χ0n) is 16.3. The van der Waals surface area contributed by atoms with Gasteiger partial charge in [0.05, 0.1) is 11.7 Å². The van der Waals surface area contributed by atoms with Crippen LogP contribution in [0.25, 0.3) is 0 Å². The molecule has 5 rings (SSSR count). The third-order valence-corrected chi connectivity index (χ3v) is 6.55. The van der Waals surface area contributed by atoms with E-state index in [9.17, 15) is 0 Å². The molecule has 0 unspecified atom stereocenters. The average Bonchev–Trinajstić information content (AvgIpc) is 3.40. The molecule has 1 aliphatic rings. The van der Waals surface area contributed by atoms with Crippen LogP contribution in [0.5, 0.6) is 0 Å². The van der Waals surface area contributed by atoms with E-state index in [-0.39, 0.29) is 12.1 Å². The van der Waals surface area contributed by atoms with Crippen molar-refractivity contribution in [1.29, 1.82) is 0 Å². The van der Waals surface area contributed by atoms with Crippen LogP contribution in [-0.4, -0.2) is 10.1 Å². The van der Waals surface area contributed by atoms with Crippen molar-refractivity contribution in [1.82, 2.24) is 10.3 Å². The Morgan fingerprint density at radius 2 is 1.71 bits per heavy atom. The lowest BCUT2D eigenvalue weighted by molar-refractivity contribution is 0.383. The van der Waals surface area contributed by atoms with Gasteiger partial charge in [-0.1, -0.05) is 47.6 Å². The van der Waals surface area contributed by atoms with Crippen molar-refractivity contribution in [3.63, 3.8) is 0 Å². The molecule has 1 saturated heterocycles. The first-order valence-corrected chi connectivity index (χ1v) is 11.4. The Morgan fingerprint density at radius 1 is 0.935 bits per heavy atom. The van der Waals surface area contributed by atoms with Crippen molar-refractivity contribution in [2.45, 2.75) is 22.1 Å². The molecule has 7 heteroatoms. The average molecular weight is 464 g/mol. The minimum Gasteiger partial charge on any atom is -0.452 e. The first kappa shape index (κ1) is 20.1. The number of hydrogen-bond acceptors (Lipinski definition) is 4. The third-order valence-electron chi connectivity index (χ3n) is 5.06. The fourth-order valence-electron chi connectivity index (χ4n) is 3.68. The molecule has 3 heterocycles. The minimum absolute atomic E-state index is 0.131. The summed E-state index contributed by atoms with van der Waals surface area (Å²) in [5, 5.41) is 5.62. The van der Waals surface area contributed by atoms with Gasteiger partial charge in [-0.05, 0) is 72.9 Å². The van der Waals surface area contributed by atoms with E-state index in [1.807, 2.05) is 84.9 Å². The van der Waals surface area contributed by atoms with Crippen molar-refractivity contribution in [3.8, 4) is 0 Å². The molecule has 1 N–H and O–H groups in total.